The minimum absolute atomic E-state index is 0.0279. The fraction of sp³-hybridized carbons (Fsp3) is 0.192. The van der Waals surface area contributed by atoms with Crippen LogP contribution in [0.15, 0.2) is 65.0 Å². The van der Waals surface area contributed by atoms with Crippen LogP contribution in [0.2, 0.25) is 0 Å². The molecule has 10 nitrogen and oxygen atoms in total. The lowest BCUT2D eigenvalue weighted by Crippen LogP contribution is -2.01. The molecule has 0 heterocycles. The summed E-state index contributed by atoms with van der Waals surface area (Å²) >= 11 is 0. The zero-order valence-electron chi connectivity index (χ0n) is 20.7. The van der Waals surface area contributed by atoms with Crippen molar-refractivity contribution < 1.29 is 32.3 Å². The first kappa shape index (κ1) is 27.2. The van der Waals surface area contributed by atoms with E-state index in [1.54, 1.807) is 42.5 Å². The van der Waals surface area contributed by atoms with E-state index in [9.17, 15) is 18.5 Å². The molecule has 0 amide bonds. The molecule has 0 saturated heterocycles. The molecule has 0 radical (unpaired) electrons. The SMILES string of the molecule is COc1cc(OC)c(C=CS(=O)(=O)Cc2ccc(OC)c(N=Cc3ccc([N+](=O)[O-])cc3)c2)c(OC)c1. The highest BCUT2D eigenvalue weighted by Crippen LogP contribution is 2.35. The lowest BCUT2D eigenvalue weighted by atomic mass is 10.1. The maximum atomic E-state index is 12.9. The average molecular weight is 527 g/mol. The third-order valence-corrected chi connectivity index (χ3v) is 6.55. The molecule has 0 atom stereocenters. The summed E-state index contributed by atoms with van der Waals surface area (Å²) in [5.74, 6) is 1.47. The second-order valence-electron chi connectivity index (χ2n) is 7.67. The molecule has 0 N–H and O–H groups in total. The number of ether oxygens (including phenoxy) is 4. The number of rotatable bonds is 11. The molecule has 0 spiro atoms. The molecule has 0 saturated carbocycles. The van der Waals surface area contributed by atoms with Crippen LogP contribution >= 0.6 is 0 Å². The van der Waals surface area contributed by atoms with E-state index in [0.29, 0.717) is 45.4 Å². The molecule has 0 aliphatic carbocycles. The Labute approximate surface area is 214 Å². The van der Waals surface area contributed by atoms with Gasteiger partial charge >= 0.3 is 0 Å². The van der Waals surface area contributed by atoms with Crippen molar-refractivity contribution in [3.8, 4) is 23.0 Å². The molecule has 0 aromatic heterocycles. The Hall–Kier alpha value is -4.38. The van der Waals surface area contributed by atoms with Crippen molar-refractivity contribution in [1.82, 2.24) is 0 Å². The summed E-state index contributed by atoms with van der Waals surface area (Å²) in [5, 5.41) is 11.9. The lowest BCUT2D eigenvalue weighted by molar-refractivity contribution is -0.384. The summed E-state index contributed by atoms with van der Waals surface area (Å²) in [6.45, 7) is 0. The van der Waals surface area contributed by atoms with Gasteiger partial charge in [-0.1, -0.05) is 6.07 Å². The average Bonchev–Trinajstić information content (AvgIpc) is 2.90. The molecule has 0 aliphatic rings. The molecule has 11 heteroatoms. The fourth-order valence-electron chi connectivity index (χ4n) is 3.40. The molecule has 37 heavy (non-hydrogen) atoms. The van der Waals surface area contributed by atoms with Crippen LogP contribution in [0.5, 0.6) is 23.0 Å². The number of sulfone groups is 1. The van der Waals surface area contributed by atoms with Crippen LogP contribution in [0.25, 0.3) is 6.08 Å². The van der Waals surface area contributed by atoms with Crippen molar-refractivity contribution in [2.45, 2.75) is 5.75 Å². The Morgan fingerprint density at radius 1 is 0.865 bits per heavy atom. The molecule has 0 bridgehead atoms. The van der Waals surface area contributed by atoms with Gasteiger partial charge in [-0.05, 0) is 41.5 Å². The highest BCUT2D eigenvalue weighted by Gasteiger charge is 2.15. The first-order valence-electron chi connectivity index (χ1n) is 10.9. The molecule has 3 aromatic carbocycles. The van der Waals surface area contributed by atoms with Crippen LogP contribution in [0, 0.1) is 10.1 Å². The lowest BCUT2D eigenvalue weighted by Gasteiger charge is -2.12. The molecule has 0 fully saturated rings. The third kappa shape index (κ3) is 7.07. The van der Waals surface area contributed by atoms with Crippen molar-refractivity contribution >= 4 is 33.5 Å². The Morgan fingerprint density at radius 2 is 1.49 bits per heavy atom. The second kappa shape index (κ2) is 12.0. The van der Waals surface area contributed by atoms with E-state index >= 15 is 0 Å². The minimum atomic E-state index is -3.69. The van der Waals surface area contributed by atoms with Gasteiger partial charge in [0.15, 0.2) is 9.84 Å². The summed E-state index contributed by atoms with van der Waals surface area (Å²) in [5.41, 5.74) is 1.97. The van der Waals surface area contributed by atoms with Crippen LogP contribution in [0.1, 0.15) is 16.7 Å². The number of nitrogens with zero attached hydrogens (tertiary/aromatic N) is 2. The van der Waals surface area contributed by atoms with E-state index in [4.69, 9.17) is 18.9 Å². The molecule has 3 aromatic rings. The van der Waals surface area contributed by atoms with Gasteiger partial charge in [-0.2, -0.15) is 0 Å². The zero-order chi connectivity index (χ0) is 27.0. The van der Waals surface area contributed by atoms with Gasteiger partial charge in [0.2, 0.25) is 0 Å². The summed E-state index contributed by atoms with van der Waals surface area (Å²) in [6, 6.07) is 14.0. The van der Waals surface area contributed by atoms with Gasteiger partial charge in [-0.15, -0.1) is 0 Å². The van der Waals surface area contributed by atoms with E-state index in [1.807, 2.05) is 0 Å². The van der Waals surface area contributed by atoms with Gasteiger partial charge in [-0.25, -0.2) is 8.42 Å². The van der Waals surface area contributed by atoms with Gasteiger partial charge in [0.05, 0.1) is 44.7 Å². The van der Waals surface area contributed by atoms with E-state index in [2.05, 4.69) is 4.99 Å². The second-order valence-corrected chi connectivity index (χ2v) is 9.56. The number of non-ortho nitro benzene ring substituents is 1. The molecule has 0 unspecified atom stereocenters. The van der Waals surface area contributed by atoms with Crippen LogP contribution in [-0.4, -0.2) is 48.0 Å². The highest BCUT2D eigenvalue weighted by atomic mass is 32.2. The number of nitro groups is 1. The maximum Gasteiger partial charge on any atom is 0.269 e. The summed E-state index contributed by atoms with van der Waals surface area (Å²) in [6.07, 6.45) is 2.94. The van der Waals surface area contributed by atoms with Gasteiger partial charge in [0, 0.05) is 35.9 Å². The van der Waals surface area contributed by atoms with Gasteiger partial charge in [0.1, 0.15) is 28.7 Å². The quantitative estimate of drug-likeness (QED) is 0.195. The summed E-state index contributed by atoms with van der Waals surface area (Å²) < 4.78 is 47.1. The predicted molar refractivity (Wildman–Crippen MR) is 141 cm³/mol. The number of hydrogen-bond donors (Lipinski definition) is 0. The van der Waals surface area contributed by atoms with E-state index in [1.165, 1.54) is 52.9 Å². The number of benzene rings is 3. The Balaban J connectivity index is 1.85. The first-order chi connectivity index (χ1) is 17.7. The zero-order valence-corrected chi connectivity index (χ0v) is 21.5. The van der Waals surface area contributed by atoms with Crippen LogP contribution in [0.4, 0.5) is 11.4 Å². The van der Waals surface area contributed by atoms with Gasteiger partial charge in [-0.3, -0.25) is 15.1 Å². The molecular weight excluding hydrogens is 500 g/mol. The van der Waals surface area contributed by atoms with Crippen LogP contribution < -0.4 is 18.9 Å². The van der Waals surface area contributed by atoms with Crippen LogP contribution in [0.3, 0.4) is 0 Å². The number of hydrogen-bond acceptors (Lipinski definition) is 9. The fourth-order valence-corrected chi connectivity index (χ4v) is 4.49. The largest absolute Gasteiger partial charge is 0.496 e. The van der Waals surface area contributed by atoms with Crippen molar-refractivity contribution in [3.63, 3.8) is 0 Å². The van der Waals surface area contributed by atoms with E-state index in [0.717, 1.165) is 5.41 Å². The van der Waals surface area contributed by atoms with E-state index < -0.39 is 14.8 Å². The smallest absolute Gasteiger partial charge is 0.269 e. The van der Waals surface area contributed by atoms with Crippen molar-refractivity contribution in [2.75, 3.05) is 28.4 Å². The summed E-state index contributed by atoms with van der Waals surface area (Å²) in [7, 11) is 2.23. The summed E-state index contributed by atoms with van der Waals surface area (Å²) in [4.78, 5) is 14.7. The van der Waals surface area contributed by atoms with Crippen molar-refractivity contribution in [1.29, 1.82) is 0 Å². The third-order valence-electron chi connectivity index (χ3n) is 5.26. The Bertz CT molecular complexity index is 1410. The molecular formula is C26H26N2O8S. The van der Waals surface area contributed by atoms with Crippen molar-refractivity contribution in [2.24, 2.45) is 4.99 Å². The minimum Gasteiger partial charge on any atom is -0.496 e. The van der Waals surface area contributed by atoms with Crippen LogP contribution in [-0.2, 0) is 15.6 Å². The molecule has 3 rings (SSSR count). The van der Waals surface area contributed by atoms with Gasteiger partial charge < -0.3 is 18.9 Å². The normalized spacial score (nSPS) is 11.6. The van der Waals surface area contributed by atoms with Crippen molar-refractivity contribution in [3.05, 3.63) is 86.8 Å². The predicted octanol–water partition coefficient (Wildman–Crippen LogP) is 4.97. The number of methoxy groups -OCH3 is 4. The highest BCUT2D eigenvalue weighted by molar-refractivity contribution is 7.93. The standard InChI is InChI=1S/C26H26N2O8S/c1-33-21-14-25(35-3)22(26(15-21)36-4)11-12-37(31,32)17-19-7-10-24(34-2)23(13-19)27-16-18-5-8-20(9-6-18)28(29)30/h5-16H,17H2,1-4H3. The Kier molecular flexibility index (Phi) is 8.86. The Morgan fingerprint density at radius 3 is 2.03 bits per heavy atom. The number of aliphatic imine (C=N–C) groups is 1. The maximum absolute atomic E-state index is 12.9. The first-order valence-corrected chi connectivity index (χ1v) is 12.6. The monoisotopic (exact) mass is 526 g/mol. The number of nitro benzene ring substituents is 1. The molecule has 194 valence electrons. The molecule has 0 aliphatic heterocycles. The van der Waals surface area contributed by atoms with Gasteiger partial charge in [0.25, 0.3) is 5.69 Å². The topological polar surface area (TPSA) is 127 Å². The van der Waals surface area contributed by atoms with E-state index in [-0.39, 0.29) is 11.4 Å².